The Morgan fingerprint density at radius 1 is 1.00 bits per heavy atom. The zero-order chi connectivity index (χ0) is 20.5. The van der Waals surface area contributed by atoms with Crippen LogP contribution < -0.4 is 9.64 Å². The smallest absolute Gasteiger partial charge is 0.157 e. The van der Waals surface area contributed by atoms with Gasteiger partial charge in [0.25, 0.3) is 0 Å². The van der Waals surface area contributed by atoms with Crippen molar-refractivity contribution in [2.75, 3.05) is 20.3 Å². The average Bonchev–Trinajstić information content (AvgIpc) is 3.23. The summed E-state index contributed by atoms with van der Waals surface area (Å²) >= 11 is 0. The maximum Gasteiger partial charge on any atom is 0.157 e. The minimum absolute atomic E-state index is 0.231. The molecule has 0 bridgehead atoms. The van der Waals surface area contributed by atoms with Crippen molar-refractivity contribution in [2.24, 2.45) is 0 Å². The van der Waals surface area contributed by atoms with Gasteiger partial charge in [-0.1, -0.05) is 24.3 Å². The molecular weight excluding hydrogens is 370 g/mol. The summed E-state index contributed by atoms with van der Waals surface area (Å²) in [5, 5.41) is 20.6. The van der Waals surface area contributed by atoms with Crippen molar-refractivity contribution in [1.82, 2.24) is 0 Å². The van der Waals surface area contributed by atoms with E-state index in [2.05, 4.69) is 0 Å². The van der Waals surface area contributed by atoms with Gasteiger partial charge in [0.05, 0.1) is 26.6 Å². The third-order valence-electron chi connectivity index (χ3n) is 4.70. The first kappa shape index (κ1) is 20.9. The minimum atomic E-state index is -0.635. The number of phenols is 1. The Morgan fingerprint density at radius 2 is 1.79 bits per heavy atom. The van der Waals surface area contributed by atoms with Crippen LogP contribution in [0.15, 0.2) is 71.3 Å². The van der Waals surface area contributed by atoms with Gasteiger partial charge in [0.15, 0.2) is 5.76 Å². The van der Waals surface area contributed by atoms with E-state index in [0.717, 1.165) is 27.5 Å². The van der Waals surface area contributed by atoms with Crippen LogP contribution in [-0.2, 0) is 24.4 Å². The van der Waals surface area contributed by atoms with Crippen molar-refractivity contribution < 1.29 is 29.0 Å². The van der Waals surface area contributed by atoms with Crippen molar-refractivity contribution in [2.45, 2.75) is 25.8 Å². The molecule has 0 radical (unpaired) electrons. The molecule has 1 aromatic heterocycles. The Morgan fingerprint density at radius 3 is 2.48 bits per heavy atom. The Kier molecular flexibility index (Phi) is 7.69. The zero-order valence-electron chi connectivity index (χ0n) is 16.6. The third kappa shape index (κ3) is 6.64. The summed E-state index contributed by atoms with van der Waals surface area (Å²) in [5.41, 5.74) is 1.85. The Labute approximate surface area is 170 Å². The summed E-state index contributed by atoms with van der Waals surface area (Å²) in [5.74, 6) is 1.89. The fourth-order valence-electron chi connectivity index (χ4n) is 3.22. The number of hydrogen-bond acceptors (Lipinski definition) is 5. The van der Waals surface area contributed by atoms with E-state index in [-0.39, 0.29) is 12.4 Å². The molecule has 29 heavy (non-hydrogen) atoms. The lowest BCUT2D eigenvalue weighted by Crippen LogP contribution is -3.10. The van der Waals surface area contributed by atoms with Crippen LogP contribution in [0.5, 0.6) is 11.5 Å². The van der Waals surface area contributed by atoms with Crippen molar-refractivity contribution in [1.29, 1.82) is 0 Å². The van der Waals surface area contributed by atoms with Crippen LogP contribution in [0.4, 0.5) is 0 Å². The number of aromatic hydroxyl groups is 1. The number of nitrogens with one attached hydrogen (secondary N) is 1. The monoisotopic (exact) mass is 398 g/mol. The summed E-state index contributed by atoms with van der Waals surface area (Å²) < 4.78 is 16.3. The van der Waals surface area contributed by atoms with Crippen LogP contribution in [0, 0.1) is 0 Å². The van der Waals surface area contributed by atoms with E-state index in [1.807, 2.05) is 48.5 Å². The molecule has 0 amide bonds. The minimum Gasteiger partial charge on any atom is -0.507 e. The first-order chi connectivity index (χ1) is 14.1. The Balaban J connectivity index is 1.53. The maximum absolute atomic E-state index is 10.5. The number of furan rings is 1. The molecule has 0 saturated heterocycles. The first-order valence-electron chi connectivity index (χ1n) is 9.65. The number of benzene rings is 2. The molecule has 3 aromatic rings. The number of hydrogen-bond donors (Lipinski definition) is 3. The SMILES string of the molecule is COc1ccc(COC[C@@H](O)C[NH+](Cc2ccco2)Cc2ccccc2O)cc1. The Hall–Kier alpha value is -2.80. The van der Waals surface area contributed by atoms with Gasteiger partial charge in [0.1, 0.15) is 37.2 Å². The fraction of sp³-hybridized carbons (Fsp3) is 0.304. The molecule has 2 atom stereocenters. The molecule has 0 saturated carbocycles. The Bertz CT molecular complexity index is 848. The molecule has 3 N–H and O–H groups in total. The molecule has 1 heterocycles. The lowest BCUT2D eigenvalue weighted by Gasteiger charge is -2.22. The number of aliphatic hydroxyl groups excluding tert-OH is 1. The van der Waals surface area contributed by atoms with E-state index in [1.165, 1.54) is 0 Å². The van der Waals surface area contributed by atoms with Gasteiger partial charge in [0, 0.05) is 5.56 Å². The summed E-state index contributed by atoms with van der Waals surface area (Å²) in [6.45, 7) is 2.31. The van der Waals surface area contributed by atoms with Crippen molar-refractivity contribution in [3.05, 3.63) is 83.8 Å². The van der Waals surface area contributed by atoms with E-state index in [4.69, 9.17) is 13.9 Å². The van der Waals surface area contributed by atoms with Crippen LogP contribution in [0.3, 0.4) is 0 Å². The molecule has 0 fully saturated rings. The lowest BCUT2D eigenvalue weighted by molar-refractivity contribution is -0.931. The van der Waals surface area contributed by atoms with E-state index >= 15 is 0 Å². The zero-order valence-corrected chi connectivity index (χ0v) is 16.6. The summed E-state index contributed by atoms with van der Waals surface area (Å²) in [7, 11) is 1.63. The number of methoxy groups -OCH3 is 1. The topological polar surface area (TPSA) is 76.5 Å². The number of aliphatic hydroxyl groups is 1. The molecule has 0 aliphatic carbocycles. The van der Waals surface area contributed by atoms with Gasteiger partial charge >= 0.3 is 0 Å². The van der Waals surface area contributed by atoms with E-state index in [0.29, 0.717) is 26.2 Å². The molecule has 6 heteroatoms. The van der Waals surface area contributed by atoms with Gasteiger partial charge in [-0.15, -0.1) is 0 Å². The molecule has 0 spiro atoms. The van der Waals surface area contributed by atoms with Crippen molar-refractivity contribution >= 4 is 0 Å². The molecule has 154 valence electrons. The van der Waals surface area contributed by atoms with Crippen LogP contribution in [-0.4, -0.2) is 36.6 Å². The third-order valence-corrected chi connectivity index (χ3v) is 4.70. The number of para-hydroxylation sites is 1. The number of ether oxygens (including phenoxy) is 2. The lowest BCUT2D eigenvalue weighted by atomic mass is 10.1. The van der Waals surface area contributed by atoms with Crippen LogP contribution in [0.25, 0.3) is 0 Å². The predicted octanol–water partition coefficient (Wildman–Crippen LogP) is 2.16. The number of quaternary nitrogens is 1. The highest BCUT2D eigenvalue weighted by Gasteiger charge is 2.19. The first-order valence-corrected chi connectivity index (χ1v) is 9.65. The number of phenolic OH excluding ortho intramolecular Hbond substituents is 1. The van der Waals surface area contributed by atoms with Gasteiger partial charge in [-0.2, -0.15) is 0 Å². The number of rotatable bonds is 11. The summed E-state index contributed by atoms with van der Waals surface area (Å²) in [4.78, 5) is 1.07. The van der Waals surface area contributed by atoms with Gasteiger partial charge in [-0.05, 0) is 42.0 Å². The van der Waals surface area contributed by atoms with E-state index < -0.39 is 6.10 Å². The fourth-order valence-corrected chi connectivity index (χ4v) is 3.22. The van der Waals surface area contributed by atoms with Crippen LogP contribution in [0.1, 0.15) is 16.9 Å². The molecule has 2 aromatic carbocycles. The molecular formula is C23H28NO5+. The van der Waals surface area contributed by atoms with Crippen molar-refractivity contribution in [3.8, 4) is 11.5 Å². The van der Waals surface area contributed by atoms with Crippen LogP contribution in [0.2, 0.25) is 0 Å². The predicted molar refractivity (Wildman–Crippen MR) is 109 cm³/mol. The molecule has 0 aliphatic heterocycles. The van der Waals surface area contributed by atoms with Crippen LogP contribution >= 0.6 is 0 Å². The van der Waals surface area contributed by atoms with Crippen molar-refractivity contribution in [3.63, 3.8) is 0 Å². The second-order valence-electron chi connectivity index (χ2n) is 7.03. The average molecular weight is 398 g/mol. The highest BCUT2D eigenvalue weighted by atomic mass is 16.5. The van der Waals surface area contributed by atoms with E-state index in [9.17, 15) is 10.2 Å². The standard InChI is InChI=1S/C23H27NO5/c1-27-21-10-8-18(9-11-21)16-28-17-20(25)14-24(15-22-6-4-12-29-22)13-19-5-2-3-7-23(19)26/h2-12,20,25-26H,13-17H2,1H3/p+1/t20-/m0/s1. The maximum atomic E-state index is 10.5. The second-order valence-corrected chi connectivity index (χ2v) is 7.03. The summed E-state index contributed by atoms with van der Waals surface area (Å²) in [6, 6.07) is 18.7. The van der Waals surface area contributed by atoms with Gasteiger partial charge in [0.2, 0.25) is 0 Å². The largest absolute Gasteiger partial charge is 0.507 e. The molecule has 6 nitrogen and oxygen atoms in total. The highest BCUT2D eigenvalue weighted by molar-refractivity contribution is 5.30. The molecule has 1 unspecified atom stereocenters. The van der Waals surface area contributed by atoms with Gasteiger partial charge in [-0.3, -0.25) is 0 Å². The summed E-state index contributed by atoms with van der Waals surface area (Å²) in [6.07, 6.45) is 1.01. The van der Waals surface area contributed by atoms with Gasteiger partial charge in [-0.25, -0.2) is 0 Å². The normalized spacial score (nSPS) is 13.2. The highest BCUT2D eigenvalue weighted by Crippen LogP contribution is 2.14. The van der Waals surface area contributed by atoms with E-state index in [1.54, 1.807) is 25.5 Å². The van der Waals surface area contributed by atoms with Gasteiger partial charge < -0.3 is 29.0 Å². The molecule has 3 rings (SSSR count). The molecule has 0 aliphatic rings. The second kappa shape index (κ2) is 10.7. The quantitative estimate of drug-likeness (QED) is 0.462.